The first-order valence-corrected chi connectivity index (χ1v) is 15.5. The number of para-hydroxylation sites is 1. The molecule has 3 atom stereocenters. The minimum atomic E-state index is -1.21. The first kappa shape index (κ1) is 34.7. The second-order valence-electron chi connectivity index (χ2n) is 12.1. The van der Waals surface area contributed by atoms with E-state index in [0.717, 1.165) is 5.56 Å². The van der Waals surface area contributed by atoms with E-state index in [1.807, 2.05) is 20.8 Å². The van der Waals surface area contributed by atoms with Gasteiger partial charge in [-0.3, -0.25) is 19.2 Å². The Bertz CT molecular complexity index is 1320. The molecule has 1 heterocycles. The summed E-state index contributed by atoms with van der Waals surface area (Å²) in [5.41, 5.74) is 1.08. The summed E-state index contributed by atoms with van der Waals surface area (Å²) in [4.78, 5) is 55.4. The number of hydrogen-bond donors (Lipinski definition) is 3. The number of ether oxygens (including phenoxy) is 2. The number of aryl methyl sites for hydroxylation is 1. The Labute approximate surface area is 265 Å². The number of rotatable bonds is 9. The van der Waals surface area contributed by atoms with Crippen LogP contribution in [0.2, 0.25) is 5.02 Å². The van der Waals surface area contributed by atoms with Crippen LogP contribution in [0.5, 0.6) is 11.5 Å². The number of carbonyl (C=O) groups excluding carboxylic acids is 4. The van der Waals surface area contributed by atoms with Gasteiger partial charge in [-0.2, -0.15) is 0 Å². The molecule has 3 rings (SSSR count). The van der Waals surface area contributed by atoms with Crippen molar-refractivity contribution in [1.82, 2.24) is 20.9 Å². The predicted molar refractivity (Wildman–Crippen MR) is 170 cm³/mol. The quantitative estimate of drug-likeness (QED) is 0.359. The Hall–Kier alpha value is -3.79. The van der Waals surface area contributed by atoms with Crippen LogP contribution in [0, 0.1) is 18.8 Å². The summed E-state index contributed by atoms with van der Waals surface area (Å²) >= 11 is 6.07. The smallest absolute Gasteiger partial charge is 0.255 e. The van der Waals surface area contributed by atoms with Crippen molar-refractivity contribution >= 4 is 35.2 Å². The second-order valence-corrected chi connectivity index (χ2v) is 12.5. The number of likely N-dealkylation sites (N-methyl/N-ethyl adjacent to an activating group) is 1. The fourth-order valence-corrected chi connectivity index (χ4v) is 5.14. The van der Waals surface area contributed by atoms with Crippen molar-refractivity contribution in [3.8, 4) is 11.5 Å². The molecule has 0 unspecified atom stereocenters. The van der Waals surface area contributed by atoms with E-state index in [0.29, 0.717) is 29.4 Å². The van der Waals surface area contributed by atoms with Gasteiger partial charge in [0, 0.05) is 12.1 Å². The van der Waals surface area contributed by atoms with Gasteiger partial charge < -0.3 is 30.3 Å². The van der Waals surface area contributed by atoms with Crippen LogP contribution in [0.4, 0.5) is 0 Å². The molecule has 44 heavy (non-hydrogen) atoms. The summed E-state index contributed by atoms with van der Waals surface area (Å²) in [6.07, 6.45) is 0.721. The average molecular weight is 629 g/mol. The van der Waals surface area contributed by atoms with Crippen LogP contribution in [0.25, 0.3) is 0 Å². The van der Waals surface area contributed by atoms with Crippen LogP contribution >= 0.6 is 11.6 Å². The zero-order valence-corrected chi connectivity index (χ0v) is 27.2. The molecule has 2 aromatic carbocycles. The maximum atomic E-state index is 13.7. The highest BCUT2D eigenvalue weighted by molar-refractivity contribution is 6.31. The third-order valence-electron chi connectivity index (χ3n) is 7.35. The summed E-state index contributed by atoms with van der Waals surface area (Å²) in [7, 11) is 1.71. The summed E-state index contributed by atoms with van der Waals surface area (Å²) in [6.45, 7) is 10.4. The third kappa shape index (κ3) is 10.1. The van der Waals surface area contributed by atoms with Crippen LogP contribution in [0.15, 0.2) is 42.5 Å². The number of carbonyl (C=O) groups is 4. The minimum Gasteiger partial charge on any atom is -0.492 e. The Morgan fingerprint density at radius 3 is 2.45 bits per heavy atom. The summed E-state index contributed by atoms with van der Waals surface area (Å²) in [6, 6.07) is 9.68. The van der Waals surface area contributed by atoms with Crippen molar-refractivity contribution < 1.29 is 28.7 Å². The third-order valence-corrected chi connectivity index (χ3v) is 7.78. The van der Waals surface area contributed by atoms with Gasteiger partial charge in [-0.25, -0.2) is 0 Å². The molecule has 1 aliphatic heterocycles. The van der Waals surface area contributed by atoms with Gasteiger partial charge in [0.25, 0.3) is 5.91 Å². The molecule has 10 nitrogen and oxygen atoms in total. The molecular formula is C33H45ClN4O6. The molecule has 4 amide bonds. The molecule has 2 aromatic rings. The van der Waals surface area contributed by atoms with Gasteiger partial charge in [-0.1, -0.05) is 51.4 Å². The van der Waals surface area contributed by atoms with E-state index in [-0.39, 0.29) is 55.5 Å². The summed E-state index contributed by atoms with van der Waals surface area (Å²) < 4.78 is 11.9. The van der Waals surface area contributed by atoms with Gasteiger partial charge in [0.15, 0.2) is 0 Å². The molecule has 0 saturated carbocycles. The van der Waals surface area contributed by atoms with Crippen molar-refractivity contribution in [3.05, 3.63) is 58.6 Å². The molecule has 0 aromatic heterocycles. The SMILES string of the molecule is Cc1cc(OCCNC(=O)[C@@H]2CC(=O)N[C@H](CC(C)C)C(=O)N(C)[C@H](CC(C)C)COc3ccccc3C(=O)N2)ccc1Cl. The maximum absolute atomic E-state index is 13.7. The molecule has 1 aliphatic rings. The normalized spacial score (nSPS) is 19.9. The lowest BCUT2D eigenvalue weighted by Gasteiger charge is -2.33. The lowest BCUT2D eigenvalue weighted by Crippen LogP contribution is -2.55. The van der Waals surface area contributed by atoms with Gasteiger partial charge >= 0.3 is 0 Å². The zero-order valence-electron chi connectivity index (χ0n) is 26.4. The topological polar surface area (TPSA) is 126 Å². The summed E-state index contributed by atoms with van der Waals surface area (Å²) in [5, 5.41) is 8.91. The molecule has 11 heteroatoms. The van der Waals surface area contributed by atoms with E-state index in [9.17, 15) is 19.2 Å². The lowest BCUT2D eigenvalue weighted by molar-refractivity contribution is -0.138. The fraction of sp³-hybridized carbons (Fsp3) is 0.515. The van der Waals surface area contributed by atoms with Crippen molar-refractivity contribution in [2.75, 3.05) is 26.8 Å². The minimum absolute atomic E-state index is 0.117. The summed E-state index contributed by atoms with van der Waals surface area (Å²) in [5.74, 6) is -0.548. The van der Waals surface area contributed by atoms with Crippen LogP contribution in [0.3, 0.4) is 0 Å². The zero-order chi connectivity index (χ0) is 32.4. The molecule has 0 fully saturated rings. The highest BCUT2D eigenvalue weighted by atomic mass is 35.5. The number of amides is 4. The van der Waals surface area contributed by atoms with E-state index in [1.54, 1.807) is 54.4 Å². The monoisotopic (exact) mass is 628 g/mol. The lowest BCUT2D eigenvalue weighted by atomic mass is 9.99. The maximum Gasteiger partial charge on any atom is 0.255 e. The molecule has 240 valence electrons. The fourth-order valence-electron chi connectivity index (χ4n) is 5.02. The van der Waals surface area contributed by atoms with E-state index in [4.69, 9.17) is 21.1 Å². The largest absolute Gasteiger partial charge is 0.492 e. The van der Waals surface area contributed by atoms with Crippen molar-refractivity contribution in [2.24, 2.45) is 11.8 Å². The van der Waals surface area contributed by atoms with Crippen LogP contribution in [-0.2, 0) is 14.4 Å². The Morgan fingerprint density at radius 2 is 1.77 bits per heavy atom. The number of benzene rings is 2. The standard InChI is InChI=1S/C33H45ClN4O6/c1-20(2)15-23-19-44-29-10-8-7-9-25(29)31(40)37-27(18-30(39)36-28(16-21(3)4)33(42)38(23)6)32(41)35-13-14-43-24-11-12-26(34)22(5)17-24/h7-12,17,20-21,23,27-28H,13-16,18-19H2,1-6H3,(H,35,41)(H,36,39)(H,37,40)/t23-,27+,28-/m1/s1. The number of halogens is 1. The number of fused-ring (bicyclic) bond motifs is 1. The Balaban J connectivity index is 1.84. The number of hydrogen-bond acceptors (Lipinski definition) is 6. The van der Waals surface area contributed by atoms with E-state index in [2.05, 4.69) is 29.8 Å². The van der Waals surface area contributed by atoms with Gasteiger partial charge in [0.05, 0.1) is 24.6 Å². The molecular weight excluding hydrogens is 584 g/mol. The molecule has 0 saturated heterocycles. The van der Waals surface area contributed by atoms with Gasteiger partial charge in [0.1, 0.15) is 36.8 Å². The highest BCUT2D eigenvalue weighted by Gasteiger charge is 2.32. The molecule has 0 aliphatic carbocycles. The van der Waals surface area contributed by atoms with Gasteiger partial charge in [-0.05, 0) is 67.5 Å². The molecule has 3 N–H and O–H groups in total. The van der Waals surface area contributed by atoms with E-state index < -0.39 is 29.8 Å². The van der Waals surface area contributed by atoms with Crippen molar-refractivity contribution in [2.45, 2.75) is 72.0 Å². The Morgan fingerprint density at radius 1 is 1.07 bits per heavy atom. The first-order chi connectivity index (χ1) is 20.8. The number of nitrogens with one attached hydrogen (secondary N) is 3. The number of nitrogens with zero attached hydrogens (tertiary/aromatic N) is 1. The Kier molecular flexibility index (Phi) is 12.9. The van der Waals surface area contributed by atoms with Crippen LogP contribution in [0.1, 0.15) is 62.9 Å². The highest BCUT2D eigenvalue weighted by Crippen LogP contribution is 2.23. The molecule has 0 radical (unpaired) electrons. The van der Waals surface area contributed by atoms with E-state index >= 15 is 0 Å². The molecule has 0 spiro atoms. The van der Waals surface area contributed by atoms with Gasteiger partial charge in [0.2, 0.25) is 17.7 Å². The van der Waals surface area contributed by atoms with Crippen LogP contribution < -0.4 is 25.4 Å². The average Bonchev–Trinajstić information content (AvgIpc) is 2.96. The van der Waals surface area contributed by atoms with Crippen LogP contribution in [-0.4, -0.2) is 73.5 Å². The van der Waals surface area contributed by atoms with Crippen molar-refractivity contribution in [1.29, 1.82) is 0 Å². The molecule has 0 bridgehead atoms. The second kappa shape index (κ2) is 16.3. The van der Waals surface area contributed by atoms with Gasteiger partial charge in [-0.15, -0.1) is 0 Å². The predicted octanol–water partition coefficient (Wildman–Crippen LogP) is 4.13. The first-order valence-electron chi connectivity index (χ1n) is 15.1. The van der Waals surface area contributed by atoms with Crippen molar-refractivity contribution in [3.63, 3.8) is 0 Å². The van der Waals surface area contributed by atoms with E-state index in [1.165, 1.54) is 0 Å².